The number of ether oxygens (including phenoxy) is 1. The second kappa shape index (κ2) is 4.75. The standard InChI is InChI=1S/C10H12FNO3/c1-6(13)8-3-2-7(4-9(8)11)15-5-10(12)14/h2-4,6,13H,5H2,1H3,(H2,12,14). The summed E-state index contributed by atoms with van der Waals surface area (Å²) in [5.74, 6) is -1.00. The molecule has 1 atom stereocenters. The topological polar surface area (TPSA) is 72.6 Å². The lowest BCUT2D eigenvalue weighted by molar-refractivity contribution is -0.119. The summed E-state index contributed by atoms with van der Waals surface area (Å²) >= 11 is 0. The summed E-state index contributed by atoms with van der Waals surface area (Å²) in [6, 6.07) is 3.97. The summed E-state index contributed by atoms with van der Waals surface area (Å²) in [6.45, 7) is 1.16. The maximum absolute atomic E-state index is 13.3. The molecule has 0 bridgehead atoms. The Bertz CT molecular complexity index is 366. The fraction of sp³-hybridized carbons (Fsp3) is 0.300. The number of amides is 1. The molecular weight excluding hydrogens is 201 g/mol. The molecule has 0 heterocycles. The first-order valence-electron chi connectivity index (χ1n) is 4.39. The van der Waals surface area contributed by atoms with Gasteiger partial charge in [-0.2, -0.15) is 0 Å². The lowest BCUT2D eigenvalue weighted by Gasteiger charge is -2.08. The molecule has 1 rings (SSSR count). The fourth-order valence-electron chi connectivity index (χ4n) is 1.09. The van der Waals surface area contributed by atoms with E-state index in [4.69, 9.17) is 15.6 Å². The van der Waals surface area contributed by atoms with Crippen LogP contribution >= 0.6 is 0 Å². The van der Waals surface area contributed by atoms with Crippen LogP contribution in [0, 0.1) is 5.82 Å². The summed E-state index contributed by atoms with van der Waals surface area (Å²) < 4.78 is 18.2. The SMILES string of the molecule is CC(O)c1ccc(OCC(N)=O)cc1F. The molecule has 0 saturated heterocycles. The summed E-state index contributed by atoms with van der Waals surface area (Å²) in [7, 11) is 0. The highest BCUT2D eigenvalue weighted by Gasteiger charge is 2.09. The number of carbonyl (C=O) groups is 1. The summed E-state index contributed by atoms with van der Waals surface area (Å²) in [4.78, 5) is 10.4. The van der Waals surface area contributed by atoms with Crippen molar-refractivity contribution in [1.29, 1.82) is 0 Å². The maximum Gasteiger partial charge on any atom is 0.255 e. The number of benzene rings is 1. The van der Waals surface area contributed by atoms with Crippen LogP contribution in [0.5, 0.6) is 5.75 Å². The van der Waals surface area contributed by atoms with Crippen LogP contribution in [-0.4, -0.2) is 17.6 Å². The second-order valence-corrected chi connectivity index (χ2v) is 3.11. The van der Waals surface area contributed by atoms with Crippen molar-refractivity contribution in [2.45, 2.75) is 13.0 Å². The molecule has 0 saturated carbocycles. The Kier molecular flexibility index (Phi) is 3.62. The number of carbonyl (C=O) groups excluding carboxylic acids is 1. The Labute approximate surface area is 86.5 Å². The van der Waals surface area contributed by atoms with Crippen LogP contribution in [0.15, 0.2) is 18.2 Å². The average molecular weight is 213 g/mol. The van der Waals surface area contributed by atoms with Gasteiger partial charge in [0, 0.05) is 11.6 Å². The fourth-order valence-corrected chi connectivity index (χ4v) is 1.09. The number of rotatable bonds is 4. The van der Waals surface area contributed by atoms with Crippen molar-refractivity contribution in [3.05, 3.63) is 29.6 Å². The summed E-state index contributed by atoms with van der Waals surface area (Å²) in [5.41, 5.74) is 5.04. The quantitative estimate of drug-likeness (QED) is 0.774. The molecule has 4 nitrogen and oxygen atoms in total. The maximum atomic E-state index is 13.3. The van der Waals surface area contributed by atoms with Gasteiger partial charge >= 0.3 is 0 Å². The molecule has 1 amide bonds. The Balaban J connectivity index is 2.77. The van der Waals surface area contributed by atoms with Gasteiger partial charge in [0.15, 0.2) is 6.61 Å². The van der Waals surface area contributed by atoms with Crippen molar-refractivity contribution >= 4 is 5.91 Å². The van der Waals surface area contributed by atoms with Crippen molar-refractivity contribution < 1.29 is 19.0 Å². The highest BCUT2D eigenvalue weighted by atomic mass is 19.1. The monoisotopic (exact) mass is 213 g/mol. The van der Waals surface area contributed by atoms with Crippen LogP contribution in [0.25, 0.3) is 0 Å². The molecule has 0 spiro atoms. The van der Waals surface area contributed by atoms with E-state index in [0.29, 0.717) is 0 Å². The van der Waals surface area contributed by atoms with Gasteiger partial charge in [0.25, 0.3) is 5.91 Å². The van der Waals surface area contributed by atoms with E-state index in [1.807, 2.05) is 0 Å². The molecule has 82 valence electrons. The minimum absolute atomic E-state index is 0.182. The summed E-state index contributed by atoms with van der Waals surface area (Å²) in [6.07, 6.45) is -0.879. The predicted molar refractivity (Wildman–Crippen MR) is 51.7 cm³/mol. The molecule has 1 aromatic rings. The minimum Gasteiger partial charge on any atom is -0.484 e. The molecule has 15 heavy (non-hydrogen) atoms. The number of hydrogen-bond donors (Lipinski definition) is 2. The lowest BCUT2D eigenvalue weighted by Crippen LogP contribution is -2.20. The first-order chi connectivity index (χ1) is 7.00. The van der Waals surface area contributed by atoms with E-state index in [-0.39, 0.29) is 17.9 Å². The molecule has 1 unspecified atom stereocenters. The predicted octanol–water partition coefficient (Wildman–Crippen LogP) is 0.743. The van der Waals surface area contributed by atoms with Gasteiger partial charge in [0.2, 0.25) is 0 Å². The highest BCUT2D eigenvalue weighted by Crippen LogP contribution is 2.21. The largest absolute Gasteiger partial charge is 0.484 e. The van der Waals surface area contributed by atoms with Crippen LogP contribution in [0.1, 0.15) is 18.6 Å². The number of halogens is 1. The molecule has 0 aliphatic rings. The second-order valence-electron chi connectivity index (χ2n) is 3.11. The van der Waals surface area contributed by atoms with Gasteiger partial charge in [-0.15, -0.1) is 0 Å². The molecule has 3 N–H and O–H groups in total. The average Bonchev–Trinajstić information content (AvgIpc) is 2.14. The number of aliphatic hydroxyl groups excluding tert-OH is 1. The van der Waals surface area contributed by atoms with E-state index < -0.39 is 17.8 Å². The van der Waals surface area contributed by atoms with Crippen LogP contribution in [0.3, 0.4) is 0 Å². The van der Waals surface area contributed by atoms with E-state index in [0.717, 1.165) is 6.07 Å². The molecule has 5 heteroatoms. The normalized spacial score (nSPS) is 12.2. The number of nitrogens with two attached hydrogens (primary N) is 1. The minimum atomic E-state index is -0.879. The van der Waals surface area contributed by atoms with Gasteiger partial charge in [-0.1, -0.05) is 0 Å². The first kappa shape index (κ1) is 11.5. The van der Waals surface area contributed by atoms with Crippen molar-refractivity contribution in [2.24, 2.45) is 5.73 Å². The van der Waals surface area contributed by atoms with Gasteiger partial charge in [-0.3, -0.25) is 4.79 Å². The van der Waals surface area contributed by atoms with Crippen LogP contribution < -0.4 is 10.5 Å². The van der Waals surface area contributed by atoms with E-state index in [1.165, 1.54) is 19.1 Å². The van der Waals surface area contributed by atoms with Crippen LogP contribution in [0.4, 0.5) is 4.39 Å². The molecule has 0 aliphatic carbocycles. The Hall–Kier alpha value is -1.62. The Morgan fingerprint density at radius 3 is 2.80 bits per heavy atom. The van der Waals surface area contributed by atoms with E-state index in [2.05, 4.69) is 0 Å². The van der Waals surface area contributed by atoms with Crippen molar-refractivity contribution in [3.8, 4) is 5.75 Å². The zero-order valence-corrected chi connectivity index (χ0v) is 8.24. The molecule has 0 aliphatic heterocycles. The molecule has 0 aromatic heterocycles. The van der Waals surface area contributed by atoms with Crippen LogP contribution in [-0.2, 0) is 4.79 Å². The van der Waals surface area contributed by atoms with Crippen molar-refractivity contribution in [1.82, 2.24) is 0 Å². The van der Waals surface area contributed by atoms with Gasteiger partial charge in [0.1, 0.15) is 11.6 Å². The summed E-state index contributed by atoms with van der Waals surface area (Å²) in [5, 5.41) is 9.16. The third kappa shape index (κ3) is 3.21. The Morgan fingerprint density at radius 2 is 2.33 bits per heavy atom. The van der Waals surface area contributed by atoms with Crippen molar-refractivity contribution in [3.63, 3.8) is 0 Å². The zero-order valence-electron chi connectivity index (χ0n) is 8.24. The van der Waals surface area contributed by atoms with Crippen LogP contribution in [0.2, 0.25) is 0 Å². The molecule has 1 aromatic carbocycles. The van der Waals surface area contributed by atoms with Gasteiger partial charge in [0.05, 0.1) is 6.10 Å². The first-order valence-corrected chi connectivity index (χ1v) is 4.39. The lowest BCUT2D eigenvalue weighted by atomic mass is 10.1. The third-order valence-corrected chi connectivity index (χ3v) is 1.80. The molecule has 0 radical (unpaired) electrons. The zero-order chi connectivity index (χ0) is 11.4. The molecule has 0 fully saturated rings. The van der Waals surface area contributed by atoms with Gasteiger partial charge < -0.3 is 15.6 Å². The van der Waals surface area contributed by atoms with Gasteiger partial charge in [-0.25, -0.2) is 4.39 Å². The smallest absolute Gasteiger partial charge is 0.255 e. The number of aliphatic hydroxyl groups is 1. The number of hydrogen-bond acceptors (Lipinski definition) is 3. The van der Waals surface area contributed by atoms with Crippen molar-refractivity contribution in [2.75, 3.05) is 6.61 Å². The number of primary amides is 1. The Morgan fingerprint density at radius 1 is 1.67 bits per heavy atom. The van der Waals surface area contributed by atoms with E-state index >= 15 is 0 Å². The highest BCUT2D eigenvalue weighted by molar-refractivity contribution is 5.75. The third-order valence-electron chi connectivity index (χ3n) is 1.80. The van der Waals surface area contributed by atoms with E-state index in [1.54, 1.807) is 0 Å². The molecular formula is C10H12FNO3. The van der Waals surface area contributed by atoms with Gasteiger partial charge in [-0.05, 0) is 19.1 Å². The van der Waals surface area contributed by atoms with E-state index in [9.17, 15) is 9.18 Å².